The molecule has 1 aromatic heterocycles. The summed E-state index contributed by atoms with van der Waals surface area (Å²) in [4.78, 5) is 25.6. The van der Waals surface area contributed by atoms with Crippen LogP contribution in [0.25, 0.3) is 0 Å². The lowest BCUT2D eigenvalue weighted by atomic mass is 9.99. The Hall–Kier alpha value is -2.14. The monoisotopic (exact) mass is 390 g/mol. The number of hydrogen-bond donors (Lipinski definition) is 1. The minimum atomic E-state index is -0.329. The number of benzene rings is 1. The maximum atomic E-state index is 13.1. The number of rotatable bonds is 4. The molecule has 1 aliphatic carbocycles. The van der Waals surface area contributed by atoms with E-state index in [2.05, 4.69) is 5.32 Å². The highest BCUT2D eigenvalue weighted by atomic mass is 35.5. The second-order valence-corrected chi connectivity index (χ2v) is 7.62. The van der Waals surface area contributed by atoms with E-state index in [1.807, 2.05) is 0 Å². The van der Waals surface area contributed by atoms with Gasteiger partial charge in [0.25, 0.3) is 5.56 Å². The van der Waals surface area contributed by atoms with Gasteiger partial charge in [0.1, 0.15) is 11.5 Å². The SMILES string of the molecule is Cc1c(Cl)cn(Cc2ccc(F)cc2)c(=O)c1NC(=O)C1CCCCCC1. The number of amides is 1. The standard InChI is InChI=1S/C21H24ClFN2O2/c1-14-18(22)13-25(12-15-8-10-17(23)11-9-15)21(27)19(14)24-20(26)16-6-4-2-3-5-7-16/h8-11,13,16H,2-7,12H2,1H3,(H,24,26). The molecule has 1 fully saturated rings. The van der Waals surface area contributed by atoms with Crippen molar-refractivity contribution < 1.29 is 9.18 Å². The van der Waals surface area contributed by atoms with Crippen molar-refractivity contribution in [1.29, 1.82) is 0 Å². The van der Waals surface area contributed by atoms with Gasteiger partial charge in [-0.25, -0.2) is 4.39 Å². The van der Waals surface area contributed by atoms with Crippen molar-refractivity contribution in [2.45, 2.75) is 52.0 Å². The first-order valence-corrected chi connectivity index (χ1v) is 9.78. The molecule has 1 saturated carbocycles. The van der Waals surface area contributed by atoms with Crippen LogP contribution in [0.5, 0.6) is 0 Å². The molecule has 0 spiro atoms. The van der Waals surface area contributed by atoms with Gasteiger partial charge in [-0.2, -0.15) is 0 Å². The smallest absolute Gasteiger partial charge is 0.274 e. The van der Waals surface area contributed by atoms with Crippen LogP contribution in [0, 0.1) is 18.7 Å². The molecule has 0 unspecified atom stereocenters. The fraction of sp³-hybridized carbons (Fsp3) is 0.429. The van der Waals surface area contributed by atoms with Crippen LogP contribution >= 0.6 is 11.6 Å². The molecule has 0 atom stereocenters. The van der Waals surface area contributed by atoms with Gasteiger partial charge in [-0.3, -0.25) is 9.59 Å². The third-order valence-electron chi connectivity index (χ3n) is 5.22. The summed E-state index contributed by atoms with van der Waals surface area (Å²) < 4.78 is 14.5. The fourth-order valence-corrected chi connectivity index (χ4v) is 3.75. The van der Waals surface area contributed by atoms with E-state index in [0.717, 1.165) is 44.1 Å². The molecule has 6 heteroatoms. The average molecular weight is 391 g/mol. The number of carbonyl (C=O) groups excluding carboxylic acids is 1. The highest BCUT2D eigenvalue weighted by molar-refractivity contribution is 6.31. The number of pyridine rings is 1. The first-order chi connectivity index (χ1) is 13.0. The topological polar surface area (TPSA) is 51.1 Å². The first-order valence-electron chi connectivity index (χ1n) is 9.40. The predicted molar refractivity (Wildman–Crippen MR) is 106 cm³/mol. The predicted octanol–water partition coefficient (Wildman–Crippen LogP) is 4.91. The fourth-order valence-electron chi connectivity index (χ4n) is 3.53. The summed E-state index contributed by atoms with van der Waals surface area (Å²) in [7, 11) is 0. The summed E-state index contributed by atoms with van der Waals surface area (Å²) in [6.45, 7) is 1.99. The molecule has 0 bridgehead atoms. The zero-order chi connectivity index (χ0) is 19.4. The Morgan fingerprint density at radius 2 is 1.81 bits per heavy atom. The first kappa shape index (κ1) is 19.6. The van der Waals surface area contributed by atoms with E-state index in [4.69, 9.17) is 11.6 Å². The Labute approximate surface area is 163 Å². The second kappa shape index (κ2) is 8.70. The lowest BCUT2D eigenvalue weighted by Gasteiger charge is -2.17. The molecule has 1 heterocycles. The van der Waals surface area contributed by atoms with Gasteiger partial charge < -0.3 is 9.88 Å². The van der Waals surface area contributed by atoms with Crippen LogP contribution < -0.4 is 10.9 Å². The van der Waals surface area contributed by atoms with Gasteiger partial charge in [0.2, 0.25) is 5.91 Å². The number of aromatic nitrogens is 1. The number of carbonyl (C=O) groups is 1. The van der Waals surface area contributed by atoms with Crippen molar-refractivity contribution in [3.8, 4) is 0 Å². The molecule has 1 amide bonds. The minimum absolute atomic E-state index is 0.0594. The van der Waals surface area contributed by atoms with Gasteiger partial charge >= 0.3 is 0 Å². The molecule has 144 valence electrons. The average Bonchev–Trinajstić information content (AvgIpc) is 2.94. The molecule has 1 aliphatic rings. The summed E-state index contributed by atoms with van der Waals surface area (Å²) in [6.07, 6.45) is 7.67. The Balaban J connectivity index is 1.86. The third kappa shape index (κ3) is 4.78. The van der Waals surface area contributed by atoms with Gasteiger partial charge in [-0.15, -0.1) is 0 Å². The number of nitrogens with one attached hydrogen (secondary N) is 1. The number of hydrogen-bond acceptors (Lipinski definition) is 2. The molecule has 1 N–H and O–H groups in total. The maximum Gasteiger partial charge on any atom is 0.274 e. The van der Waals surface area contributed by atoms with Crippen LogP contribution in [0.1, 0.15) is 49.7 Å². The highest BCUT2D eigenvalue weighted by Gasteiger charge is 2.22. The van der Waals surface area contributed by atoms with Crippen molar-refractivity contribution in [2.75, 3.05) is 5.32 Å². The zero-order valence-electron chi connectivity index (χ0n) is 15.4. The molecule has 3 rings (SSSR count). The Bertz CT molecular complexity index is 869. The number of anilines is 1. The summed E-state index contributed by atoms with van der Waals surface area (Å²) in [5.41, 5.74) is 1.28. The van der Waals surface area contributed by atoms with E-state index in [-0.39, 0.29) is 35.4 Å². The molecule has 27 heavy (non-hydrogen) atoms. The van der Waals surface area contributed by atoms with Gasteiger partial charge in [-0.1, -0.05) is 49.4 Å². The lowest BCUT2D eigenvalue weighted by Crippen LogP contribution is -2.30. The largest absolute Gasteiger partial charge is 0.321 e. The van der Waals surface area contributed by atoms with Crippen molar-refractivity contribution in [1.82, 2.24) is 4.57 Å². The second-order valence-electron chi connectivity index (χ2n) is 7.21. The number of nitrogens with zero attached hydrogens (tertiary/aromatic N) is 1. The normalized spacial score (nSPS) is 15.4. The van der Waals surface area contributed by atoms with Gasteiger partial charge in [0.05, 0.1) is 11.6 Å². The van der Waals surface area contributed by atoms with E-state index in [0.29, 0.717) is 10.6 Å². The molecular weight excluding hydrogens is 367 g/mol. The van der Waals surface area contributed by atoms with Gasteiger partial charge in [0.15, 0.2) is 0 Å². The van der Waals surface area contributed by atoms with Crippen LogP contribution in [-0.4, -0.2) is 10.5 Å². The third-order valence-corrected chi connectivity index (χ3v) is 5.60. The zero-order valence-corrected chi connectivity index (χ0v) is 16.2. The van der Waals surface area contributed by atoms with Crippen LogP contribution in [0.4, 0.5) is 10.1 Å². The number of halogens is 2. The van der Waals surface area contributed by atoms with Crippen molar-refractivity contribution in [2.24, 2.45) is 5.92 Å². The summed E-state index contributed by atoms with van der Waals surface area (Å²) in [5, 5.41) is 3.25. The lowest BCUT2D eigenvalue weighted by molar-refractivity contribution is -0.120. The van der Waals surface area contributed by atoms with Crippen LogP contribution in [-0.2, 0) is 11.3 Å². The van der Waals surface area contributed by atoms with Gasteiger partial charge in [-0.05, 0) is 43.0 Å². The Morgan fingerprint density at radius 1 is 1.19 bits per heavy atom. The molecule has 1 aromatic carbocycles. The van der Waals surface area contributed by atoms with E-state index in [1.54, 1.807) is 25.3 Å². The quantitative estimate of drug-likeness (QED) is 0.754. The summed E-state index contributed by atoms with van der Waals surface area (Å²) in [5.74, 6) is -0.493. The summed E-state index contributed by atoms with van der Waals surface area (Å²) >= 11 is 6.31. The Kier molecular flexibility index (Phi) is 6.32. The maximum absolute atomic E-state index is 13.1. The van der Waals surface area contributed by atoms with E-state index < -0.39 is 0 Å². The summed E-state index contributed by atoms with van der Waals surface area (Å²) in [6, 6.07) is 5.95. The minimum Gasteiger partial charge on any atom is -0.321 e. The van der Waals surface area contributed by atoms with E-state index in [9.17, 15) is 14.0 Å². The molecular formula is C21H24ClFN2O2. The van der Waals surface area contributed by atoms with E-state index >= 15 is 0 Å². The van der Waals surface area contributed by atoms with Crippen molar-refractivity contribution in [3.05, 3.63) is 62.8 Å². The Morgan fingerprint density at radius 3 is 2.44 bits per heavy atom. The van der Waals surface area contributed by atoms with Crippen LogP contribution in [0.3, 0.4) is 0 Å². The van der Waals surface area contributed by atoms with Crippen LogP contribution in [0.2, 0.25) is 5.02 Å². The molecule has 0 saturated heterocycles. The van der Waals surface area contributed by atoms with E-state index in [1.165, 1.54) is 16.7 Å². The molecule has 0 aliphatic heterocycles. The molecule has 0 radical (unpaired) electrons. The van der Waals surface area contributed by atoms with Crippen LogP contribution in [0.15, 0.2) is 35.3 Å². The highest BCUT2D eigenvalue weighted by Crippen LogP contribution is 2.26. The van der Waals surface area contributed by atoms with Crippen molar-refractivity contribution in [3.63, 3.8) is 0 Å². The molecule has 2 aromatic rings. The van der Waals surface area contributed by atoms with Crippen molar-refractivity contribution >= 4 is 23.2 Å². The van der Waals surface area contributed by atoms with Gasteiger partial charge in [0, 0.05) is 12.1 Å². The molecule has 4 nitrogen and oxygen atoms in total.